The molecule has 0 spiro atoms. The molecule has 0 saturated carbocycles. The van der Waals surface area contributed by atoms with Gasteiger partial charge in [-0.2, -0.15) is 5.10 Å². The molecular weight excluding hydrogens is 464 g/mol. The molecule has 24 heavy (non-hydrogen) atoms. The Labute approximate surface area is 162 Å². The molecule has 2 aromatic carbocycles. The summed E-state index contributed by atoms with van der Waals surface area (Å²) < 4.78 is 0.805. The van der Waals surface area contributed by atoms with E-state index in [1.165, 1.54) is 6.21 Å². The number of hydrogen-bond donors (Lipinski definition) is 2. The Morgan fingerprint density at radius 1 is 1.08 bits per heavy atom. The van der Waals surface area contributed by atoms with Gasteiger partial charge in [0.15, 0.2) is 0 Å². The fraction of sp³-hybridized carbons (Fsp3) is 0.0625. The second-order valence-electron chi connectivity index (χ2n) is 4.59. The molecule has 0 fully saturated rings. The first-order valence-electron chi connectivity index (χ1n) is 6.77. The molecule has 0 aliphatic heterocycles. The first-order valence-corrected chi connectivity index (χ1v) is 8.61. The van der Waals surface area contributed by atoms with Crippen LogP contribution in [0.15, 0.2) is 47.6 Å². The number of nitrogens with one attached hydrogen (secondary N) is 2. The molecule has 2 N–H and O–H groups in total. The highest BCUT2D eigenvalue weighted by atomic mass is 127. The molecule has 0 aromatic heterocycles. The number of amides is 2. The van der Waals surface area contributed by atoms with Crippen molar-refractivity contribution < 1.29 is 9.59 Å². The van der Waals surface area contributed by atoms with Gasteiger partial charge in [-0.1, -0.05) is 41.4 Å². The molecule has 2 rings (SSSR count). The lowest BCUT2D eigenvalue weighted by molar-refractivity contribution is -0.120. The highest BCUT2D eigenvalue weighted by molar-refractivity contribution is 14.1. The zero-order chi connectivity index (χ0) is 17.5. The molecule has 2 aromatic rings. The van der Waals surface area contributed by atoms with Gasteiger partial charge in [0.25, 0.3) is 11.8 Å². The Morgan fingerprint density at radius 2 is 1.75 bits per heavy atom. The van der Waals surface area contributed by atoms with E-state index < -0.39 is 5.91 Å². The third kappa shape index (κ3) is 5.19. The van der Waals surface area contributed by atoms with Crippen molar-refractivity contribution in [3.05, 3.63) is 67.2 Å². The summed E-state index contributed by atoms with van der Waals surface area (Å²) in [6.07, 6.45) is 1.35. The second kappa shape index (κ2) is 9.00. The van der Waals surface area contributed by atoms with Crippen LogP contribution in [0.4, 0.5) is 0 Å². The quantitative estimate of drug-likeness (QED) is 0.395. The van der Waals surface area contributed by atoms with Crippen molar-refractivity contribution in [2.45, 2.75) is 0 Å². The van der Waals surface area contributed by atoms with E-state index in [2.05, 4.69) is 38.4 Å². The van der Waals surface area contributed by atoms with Gasteiger partial charge in [-0.3, -0.25) is 9.59 Å². The summed E-state index contributed by atoms with van der Waals surface area (Å²) in [5.41, 5.74) is 3.32. The van der Waals surface area contributed by atoms with Gasteiger partial charge in [0.2, 0.25) is 0 Å². The molecule has 0 heterocycles. The molecule has 0 bridgehead atoms. The van der Waals surface area contributed by atoms with E-state index in [4.69, 9.17) is 23.2 Å². The Balaban J connectivity index is 1.87. The summed E-state index contributed by atoms with van der Waals surface area (Å²) in [4.78, 5) is 23.7. The van der Waals surface area contributed by atoms with E-state index in [1.54, 1.807) is 30.3 Å². The van der Waals surface area contributed by atoms with Crippen LogP contribution in [0.5, 0.6) is 0 Å². The standard InChI is InChI=1S/C16H12Cl2IN3O2/c17-12-5-3-6-13(18)11(12)8-21-22-15(23)9-20-16(24)10-4-1-2-7-14(10)19/h1-8H,9H2,(H,20,24)(H,22,23)/b21-8+. The number of benzene rings is 2. The summed E-state index contributed by atoms with van der Waals surface area (Å²) in [5, 5.41) is 7.16. The van der Waals surface area contributed by atoms with Crippen LogP contribution in [0.25, 0.3) is 0 Å². The first kappa shape index (κ1) is 18.7. The van der Waals surface area contributed by atoms with Gasteiger partial charge in [0.1, 0.15) is 0 Å². The minimum absolute atomic E-state index is 0.197. The van der Waals surface area contributed by atoms with E-state index in [0.29, 0.717) is 21.2 Å². The van der Waals surface area contributed by atoms with E-state index in [-0.39, 0.29) is 12.5 Å². The topological polar surface area (TPSA) is 70.6 Å². The zero-order valence-corrected chi connectivity index (χ0v) is 15.9. The van der Waals surface area contributed by atoms with Gasteiger partial charge >= 0.3 is 0 Å². The molecule has 0 unspecified atom stereocenters. The van der Waals surface area contributed by atoms with Crippen molar-refractivity contribution in [1.29, 1.82) is 0 Å². The third-order valence-electron chi connectivity index (χ3n) is 2.91. The Hall–Kier alpha value is -1.64. The van der Waals surface area contributed by atoms with Crippen LogP contribution in [-0.2, 0) is 4.79 Å². The van der Waals surface area contributed by atoms with Crippen molar-refractivity contribution >= 4 is 63.8 Å². The van der Waals surface area contributed by atoms with Gasteiger partial charge in [-0.25, -0.2) is 5.43 Å². The Kier molecular flexibility index (Phi) is 7.01. The van der Waals surface area contributed by atoms with Crippen molar-refractivity contribution in [3.8, 4) is 0 Å². The monoisotopic (exact) mass is 475 g/mol. The first-order chi connectivity index (χ1) is 11.5. The molecule has 2 amide bonds. The molecule has 124 valence electrons. The predicted molar refractivity (Wildman–Crippen MR) is 104 cm³/mol. The molecule has 0 aliphatic rings. The van der Waals surface area contributed by atoms with Crippen molar-refractivity contribution in [2.75, 3.05) is 6.54 Å². The van der Waals surface area contributed by atoms with Gasteiger partial charge in [-0.05, 0) is 46.9 Å². The fourth-order valence-electron chi connectivity index (χ4n) is 1.74. The minimum atomic E-state index is -0.464. The smallest absolute Gasteiger partial charge is 0.259 e. The summed E-state index contributed by atoms with van der Waals surface area (Å²) >= 11 is 14.0. The van der Waals surface area contributed by atoms with Crippen LogP contribution in [-0.4, -0.2) is 24.6 Å². The lowest BCUT2D eigenvalue weighted by Crippen LogP contribution is -2.35. The molecule has 8 heteroatoms. The normalized spacial score (nSPS) is 10.6. The Bertz CT molecular complexity index is 776. The van der Waals surface area contributed by atoms with Gasteiger partial charge in [-0.15, -0.1) is 0 Å². The number of halogens is 3. The lowest BCUT2D eigenvalue weighted by Gasteiger charge is -2.06. The molecular formula is C16H12Cl2IN3O2. The van der Waals surface area contributed by atoms with Crippen LogP contribution in [0, 0.1) is 3.57 Å². The maximum Gasteiger partial charge on any atom is 0.259 e. The predicted octanol–water partition coefficient (Wildman–Crippen LogP) is 3.48. The molecule has 0 atom stereocenters. The maximum atomic E-state index is 12.0. The largest absolute Gasteiger partial charge is 0.343 e. The van der Waals surface area contributed by atoms with Crippen LogP contribution in [0.3, 0.4) is 0 Å². The third-order valence-corrected chi connectivity index (χ3v) is 4.51. The van der Waals surface area contributed by atoms with Crippen LogP contribution in [0.1, 0.15) is 15.9 Å². The van der Waals surface area contributed by atoms with Crippen molar-refractivity contribution in [3.63, 3.8) is 0 Å². The van der Waals surface area contributed by atoms with Gasteiger partial charge in [0, 0.05) is 9.13 Å². The van der Waals surface area contributed by atoms with Crippen LogP contribution < -0.4 is 10.7 Å². The summed E-state index contributed by atoms with van der Waals surface area (Å²) in [7, 11) is 0. The van der Waals surface area contributed by atoms with E-state index in [9.17, 15) is 9.59 Å². The minimum Gasteiger partial charge on any atom is -0.343 e. The number of nitrogens with zero attached hydrogens (tertiary/aromatic N) is 1. The van der Waals surface area contributed by atoms with Crippen LogP contribution in [0.2, 0.25) is 10.0 Å². The number of carbonyl (C=O) groups is 2. The highest BCUT2D eigenvalue weighted by Crippen LogP contribution is 2.21. The second-order valence-corrected chi connectivity index (χ2v) is 6.57. The highest BCUT2D eigenvalue weighted by Gasteiger charge is 2.10. The molecule has 0 aliphatic carbocycles. The van der Waals surface area contributed by atoms with E-state index >= 15 is 0 Å². The summed E-state index contributed by atoms with van der Waals surface area (Å²) in [6, 6.07) is 12.1. The average molecular weight is 476 g/mol. The van der Waals surface area contributed by atoms with E-state index in [1.807, 2.05) is 12.1 Å². The van der Waals surface area contributed by atoms with Crippen molar-refractivity contribution in [2.24, 2.45) is 5.10 Å². The zero-order valence-electron chi connectivity index (χ0n) is 12.2. The number of rotatable bonds is 5. The van der Waals surface area contributed by atoms with Gasteiger partial charge < -0.3 is 5.32 Å². The number of carbonyl (C=O) groups excluding carboxylic acids is 2. The Morgan fingerprint density at radius 3 is 2.42 bits per heavy atom. The lowest BCUT2D eigenvalue weighted by atomic mass is 10.2. The van der Waals surface area contributed by atoms with E-state index in [0.717, 1.165) is 3.57 Å². The van der Waals surface area contributed by atoms with Gasteiger partial charge in [0.05, 0.1) is 28.4 Å². The average Bonchev–Trinajstić information content (AvgIpc) is 2.56. The SMILES string of the molecule is O=C(CNC(=O)c1ccccc1I)N/N=C/c1c(Cl)cccc1Cl. The van der Waals surface area contributed by atoms with Crippen molar-refractivity contribution in [1.82, 2.24) is 10.7 Å². The van der Waals surface area contributed by atoms with Crippen LogP contribution >= 0.6 is 45.8 Å². The number of hydrazone groups is 1. The fourth-order valence-corrected chi connectivity index (χ4v) is 2.87. The summed E-state index contributed by atoms with van der Waals surface area (Å²) in [5.74, 6) is -0.790. The maximum absolute atomic E-state index is 12.0. The molecule has 0 radical (unpaired) electrons. The summed E-state index contributed by atoms with van der Waals surface area (Å²) in [6.45, 7) is -0.197. The molecule has 0 saturated heterocycles. The number of hydrogen-bond acceptors (Lipinski definition) is 3. The molecule has 5 nitrogen and oxygen atoms in total.